The minimum atomic E-state index is -4.59. The van der Waals surface area contributed by atoms with Gasteiger partial charge in [-0.05, 0) is 0 Å². The van der Waals surface area contributed by atoms with Crippen LogP contribution in [-0.2, 0) is 6.18 Å². The van der Waals surface area contributed by atoms with Gasteiger partial charge in [0.25, 0.3) is 0 Å². The van der Waals surface area contributed by atoms with Crippen LogP contribution in [0, 0.1) is 0 Å². The molecule has 0 aromatic carbocycles. The summed E-state index contributed by atoms with van der Waals surface area (Å²) in [4.78, 5) is 2.96. The topological polar surface area (TPSA) is 53.4 Å². The predicted octanol–water partition coefficient (Wildman–Crippen LogP) is 1.51. The van der Waals surface area contributed by atoms with Crippen molar-refractivity contribution in [2.24, 2.45) is 0 Å². The third-order valence-electron chi connectivity index (χ3n) is 1.13. The maximum absolute atomic E-state index is 11.9. The molecule has 0 aliphatic carbocycles. The average molecular weight is 179 g/mol. The molecule has 0 bridgehead atoms. The van der Waals surface area contributed by atoms with Gasteiger partial charge in [-0.2, -0.15) is 18.2 Å². The Kier molecular flexibility index (Phi) is 1.83. The van der Waals surface area contributed by atoms with Crippen LogP contribution in [0.3, 0.4) is 0 Å². The largest absolute Gasteiger partial charge is 0.493 e. The first kappa shape index (κ1) is 8.63. The van der Waals surface area contributed by atoms with Gasteiger partial charge >= 0.3 is 6.18 Å². The second-order valence-electron chi connectivity index (χ2n) is 2.07. The SMILES string of the molecule is Oc1cc(C(F)(F)F)cc(O)n1. The summed E-state index contributed by atoms with van der Waals surface area (Å²) in [5.41, 5.74) is -1.13. The fraction of sp³-hybridized carbons (Fsp3) is 0.167. The number of aromatic hydroxyl groups is 2. The smallest absolute Gasteiger partial charge is 0.416 e. The Morgan fingerprint density at radius 2 is 1.50 bits per heavy atom. The fourth-order valence-corrected chi connectivity index (χ4v) is 0.665. The second-order valence-corrected chi connectivity index (χ2v) is 2.07. The Morgan fingerprint density at radius 3 is 1.83 bits per heavy atom. The molecule has 0 atom stereocenters. The summed E-state index contributed by atoms with van der Waals surface area (Å²) in [5, 5.41) is 17.2. The van der Waals surface area contributed by atoms with Gasteiger partial charge in [-0.3, -0.25) is 0 Å². The molecular formula is C6H4F3NO2. The Labute approximate surface area is 65.1 Å². The van der Waals surface area contributed by atoms with Gasteiger partial charge in [-0.15, -0.1) is 0 Å². The Morgan fingerprint density at radius 1 is 1.08 bits per heavy atom. The van der Waals surface area contributed by atoms with Crippen LogP contribution in [0.4, 0.5) is 13.2 Å². The van der Waals surface area contributed by atoms with E-state index >= 15 is 0 Å². The van der Waals surface area contributed by atoms with Crippen molar-refractivity contribution in [3.8, 4) is 11.8 Å². The second kappa shape index (κ2) is 2.54. The summed E-state index contributed by atoms with van der Waals surface area (Å²) in [7, 11) is 0. The van der Waals surface area contributed by atoms with Gasteiger partial charge in [0.1, 0.15) is 0 Å². The molecule has 0 aliphatic heterocycles. The van der Waals surface area contributed by atoms with E-state index in [0.717, 1.165) is 0 Å². The molecule has 0 unspecified atom stereocenters. The predicted molar refractivity (Wildman–Crippen MR) is 32.6 cm³/mol. The number of pyridine rings is 1. The number of rotatable bonds is 0. The first-order valence-electron chi connectivity index (χ1n) is 2.87. The van der Waals surface area contributed by atoms with E-state index in [4.69, 9.17) is 10.2 Å². The molecule has 2 N–H and O–H groups in total. The first-order chi connectivity index (χ1) is 5.39. The number of hydrogen-bond acceptors (Lipinski definition) is 3. The maximum atomic E-state index is 11.9. The van der Waals surface area contributed by atoms with Crippen molar-refractivity contribution >= 4 is 0 Å². The molecule has 0 saturated heterocycles. The van der Waals surface area contributed by atoms with Gasteiger partial charge in [0.05, 0.1) is 5.56 Å². The molecule has 0 saturated carbocycles. The van der Waals surface area contributed by atoms with Crippen molar-refractivity contribution < 1.29 is 23.4 Å². The van der Waals surface area contributed by atoms with E-state index in [2.05, 4.69) is 4.98 Å². The zero-order chi connectivity index (χ0) is 9.35. The highest BCUT2D eigenvalue weighted by Crippen LogP contribution is 2.32. The molecule has 66 valence electrons. The lowest BCUT2D eigenvalue weighted by atomic mass is 10.2. The normalized spacial score (nSPS) is 11.6. The number of halogens is 3. The molecule has 6 heteroatoms. The van der Waals surface area contributed by atoms with Gasteiger partial charge in [-0.25, -0.2) is 0 Å². The van der Waals surface area contributed by atoms with Crippen molar-refractivity contribution in [2.75, 3.05) is 0 Å². The highest BCUT2D eigenvalue weighted by molar-refractivity contribution is 5.28. The van der Waals surface area contributed by atoms with Gasteiger partial charge in [0.2, 0.25) is 11.8 Å². The third kappa shape index (κ3) is 1.77. The molecule has 12 heavy (non-hydrogen) atoms. The van der Waals surface area contributed by atoms with Crippen LogP contribution < -0.4 is 0 Å². The fourth-order valence-electron chi connectivity index (χ4n) is 0.665. The van der Waals surface area contributed by atoms with Crippen LogP contribution in [-0.4, -0.2) is 15.2 Å². The minimum Gasteiger partial charge on any atom is -0.493 e. The average Bonchev–Trinajstić information content (AvgIpc) is 1.82. The zero-order valence-corrected chi connectivity index (χ0v) is 5.63. The van der Waals surface area contributed by atoms with E-state index in [1.165, 1.54) is 0 Å². The van der Waals surface area contributed by atoms with E-state index in [1.54, 1.807) is 0 Å². The van der Waals surface area contributed by atoms with E-state index in [1.807, 2.05) is 0 Å². The molecular weight excluding hydrogens is 175 g/mol. The van der Waals surface area contributed by atoms with E-state index in [0.29, 0.717) is 12.1 Å². The maximum Gasteiger partial charge on any atom is 0.416 e. The lowest BCUT2D eigenvalue weighted by Crippen LogP contribution is -2.04. The number of alkyl halides is 3. The van der Waals surface area contributed by atoms with Crippen molar-refractivity contribution in [1.29, 1.82) is 0 Å². The molecule has 0 aliphatic rings. The summed E-state index contributed by atoms with van der Waals surface area (Å²) in [6.07, 6.45) is -4.59. The van der Waals surface area contributed by atoms with Crippen LogP contribution in [0.1, 0.15) is 5.56 Å². The molecule has 0 spiro atoms. The van der Waals surface area contributed by atoms with Crippen LogP contribution in [0.2, 0.25) is 0 Å². The Hall–Kier alpha value is -1.46. The van der Waals surface area contributed by atoms with E-state index in [9.17, 15) is 13.2 Å². The van der Waals surface area contributed by atoms with Crippen LogP contribution in [0.15, 0.2) is 12.1 Å². The zero-order valence-electron chi connectivity index (χ0n) is 5.63. The quantitative estimate of drug-likeness (QED) is 0.634. The van der Waals surface area contributed by atoms with Crippen molar-refractivity contribution in [1.82, 2.24) is 4.98 Å². The molecule has 1 aromatic rings. The van der Waals surface area contributed by atoms with Gasteiger partial charge in [0.15, 0.2) is 0 Å². The van der Waals surface area contributed by atoms with Gasteiger partial charge < -0.3 is 10.2 Å². The molecule has 0 fully saturated rings. The molecule has 0 amide bonds. The summed E-state index contributed by atoms with van der Waals surface area (Å²) < 4.78 is 35.7. The van der Waals surface area contributed by atoms with Crippen molar-refractivity contribution in [3.63, 3.8) is 0 Å². The Bertz CT molecular complexity index is 277. The highest BCUT2D eigenvalue weighted by atomic mass is 19.4. The number of nitrogens with zero attached hydrogens (tertiary/aromatic N) is 1. The first-order valence-corrected chi connectivity index (χ1v) is 2.87. The summed E-state index contributed by atoms with van der Waals surface area (Å²) in [5.74, 6) is -1.72. The van der Waals surface area contributed by atoms with Gasteiger partial charge in [0, 0.05) is 12.1 Å². The van der Waals surface area contributed by atoms with Crippen LogP contribution >= 0.6 is 0 Å². The summed E-state index contributed by atoms with van der Waals surface area (Å²) in [6, 6.07) is 0.861. The standard InChI is InChI=1S/C6H4F3NO2/c7-6(8,9)3-1-4(11)10-5(12)2-3/h1-2H,(H2,10,11,12). The van der Waals surface area contributed by atoms with Crippen LogP contribution in [0.25, 0.3) is 0 Å². The molecule has 1 aromatic heterocycles. The van der Waals surface area contributed by atoms with E-state index < -0.39 is 23.5 Å². The molecule has 1 heterocycles. The van der Waals surface area contributed by atoms with Crippen molar-refractivity contribution in [2.45, 2.75) is 6.18 Å². The molecule has 0 radical (unpaired) electrons. The van der Waals surface area contributed by atoms with Crippen LogP contribution in [0.5, 0.6) is 11.8 Å². The number of aromatic nitrogens is 1. The summed E-state index contributed by atoms with van der Waals surface area (Å²) in [6.45, 7) is 0. The van der Waals surface area contributed by atoms with Crippen molar-refractivity contribution in [3.05, 3.63) is 17.7 Å². The Balaban J connectivity index is 3.18. The molecule has 3 nitrogen and oxygen atoms in total. The highest BCUT2D eigenvalue weighted by Gasteiger charge is 2.31. The lowest BCUT2D eigenvalue weighted by Gasteiger charge is -2.05. The third-order valence-corrected chi connectivity index (χ3v) is 1.13. The summed E-state index contributed by atoms with van der Waals surface area (Å²) >= 11 is 0. The minimum absolute atomic E-state index is 0.430. The van der Waals surface area contributed by atoms with Gasteiger partial charge in [-0.1, -0.05) is 0 Å². The van der Waals surface area contributed by atoms with E-state index in [-0.39, 0.29) is 0 Å². The lowest BCUT2D eigenvalue weighted by molar-refractivity contribution is -0.137. The number of hydrogen-bond donors (Lipinski definition) is 2. The monoisotopic (exact) mass is 179 g/mol. The molecule has 1 rings (SSSR count).